The van der Waals surface area contributed by atoms with Crippen molar-refractivity contribution in [2.45, 2.75) is 32.1 Å². The van der Waals surface area contributed by atoms with Crippen LogP contribution < -0.4 is 5.32 Å². The standard InChI is InChI=1S/C15H18F3N3/c1-10-4-6-12(7-5-10)14(19-3)11(2)21-9-13(8-20-21)15(16,17)18/h4-9,11,14,19H,1-3H3. The molecular formula is C15H18F3N3. The van der Waals surface area contributed by atoms with E-state index in [-0.39, 0.29) is 12.1 Å². The van der Waals surface area contributed by atoms with E-state index >= 15 is 0 Å². The molecule has 2 unspecified atom stereocenters. The SMILES string of the molecule is CNC(c1ccc(C)cc1)C(C)n1cc(C(F)(F)F)cn1. The number of alkyl halides is 3. The van der Waals surface area contributed by atoms with Crippen LogP contribution in [0.2, 0.25) is 0 Å². The molecule has 0 spiro atoms. The lowest BCUT2D eigenvalue weighted by atomic mass is 9.99. The van der Waals surface area contributed by atoms with Crippen LogP contribution in [0.5, 0.6) is 0 Å². The summed E-state index contributed by atoms with van der Waals surface area (Å²) in [6.07, 6.45) is -2.46. The lowest BCUT2D eigenvalue weighted by Crippen LogP contribution is -2.26. The van der Waals surface area contributed by atoms with E-state index in [4.69, 9.17) is 0 Å². The zero-order chi connectivity index (χ0) is 15.6. The quantitative estimate of drug-likeness (QED) is 0.932. The van der Waals surface area contributed by atoms with Crippen LogP contribution in [-0.4, -0.2) is 16.8 Å². The highest BCUT2D eigenvalue weighted by Crippen LogP contribution is 2.31. The lowest BCUT2D eigenvalue weighted by Gasteiger charge is -2.24. The Hall–Kier alpha value is -1.82. The van der Waals surface area contributed by atoms with Gasteiger partial charge in [-0.05, 0) is 26.5 Å². The minimum Gasteiger partial charge on any atom is -0.311 e. The van der Waals surface area contributed by atoms with E-state index in [1.54, 1.807) is 7.05 Å². The summed E-state index contributed by atoms with van der Waals surface area (Å²) in [6.45, 7) is 3.83. The summed E-state index contributed by atoms with van der Waals surface area (Å²) in [4.78, 5) is 0. The number of halogens is 3. The van der Waals surface area contributed by atoms with Gasteiger partial charge in [-0.15, -0.1) is 0 Å². The normalized spacial score (nSPS) is 15.0. The molecule has 2 rings (SSSR count). The van der Waals surface area contributed by atoms with E-state index in [1.807, 2.05) is 38.1 Å². The number of aryl methyl sites for hydroxylation is 1. The fraction of sp³-hybridized carbons (Fsp3) is 0.400. The van der Waals surface area contributed by atoms with Crippen LogP contribution in [-0.2, 0) is 6.18 Å². The smallest absolute Gasteiger partial charge is 0.311 e. The molecule has 3 nitrogen and oxygen atoms in total. The number of hydrogen-bond acceptors (Lipinski definition) is 2. The lowest BCUT2D eigenvalue weighted by molar-refractivity contribution is -0.137. The molecule has 6 heteroatoms. The Balaban J connectivity index is 2.26. The first-order chi connectivity index (χ1) is 9.82. The molecule has 2 aromatic rings. The second-order valence-corrected chi connectivity index (χ2v) is 5.12. The summed E-state index contributed by atoms with van der Waals surface area (Å²) < 4.78 is 39.3. The fourth-order valence-electron chi connectivity index (χ4n) is 2.32. The average molecular weight is 297 g/mol. The Morgan fingerprint density at radius 3 is 2.29 bits per heavy atom. The maximum atomic E-state index is 12.6. The van der Waals surface area contributed by atoms with Crippen molar-refractivity contribution in [3.63, 3.8) is 0 Å². The van der Waals surface area contributed by atoms with Crippen LogP contribution in [0.15, 0.2) is 36.7 Å². The molecule has 0 bridgehead atoms. The molecule has 0 amide bonds. The van der Waals surface area contributed by atoms with E-state index in [0.717, 1.165) is 23.5 Å². The van der Waals surface area contributed by atoms with Gasteiger partial charge in [0, 0.05) is 6.20 Å². The van der Waals surface area contributed by atoms with Crippen LogP contribution in [0.3, 0.4) is 0 Å². The summed E-state index contributed by atoms with van der Waals surface area (Å²) >= 11 is 0. The predicted octanol–water partition coefficient (Wildman–Crippen LogP) is 3.73. The van der Waals surface area contributed by atoms with E-state index < -0.39 is 11.7 Å². The molecule has 0 fully saturated rings. The van der Waals surface area contributed by atoms with Crippen LogP contribution >= 0.6 is 0 Å². The van der Waals surface area contributed by atoms with Crippen molar-refractivity contribution in [3.8, 4) is 0 Å². The first kappa shape index (κ1) is 15.6. The van der Waals surface area contributed by atoms with Gasteiger partial charge in [0.25, 0.3) is 0 Å². The number of nitrogens with zero attached hydrogens (tertiary/aromatic N) is 2. The largest absolute Gasteiger partial charge is 0.419 e. The van der Waals surface area contributed by atoms with Crippen molar-refractivity contribution < 1.29 is 13.2 Å². The van der Waals surface area contributed by atoms with Crippen LogP contribution in [0.4, 0.5) is 13.2 Å². The molecule has 21 heavy (non-hydrogen) atoms. The zero-order valence-corrected chi connectivity index (χ0v) is 12.1. The third-order valence-corrected chi connectivity index (χ3v) is 3.58. The van der Waals surface area contributed by atoms with Crippen molar-refractivity contribution in [3.05, 3.63) is 53.3 Å². The van der Waals surface area contributed by atoms with E-state index in [2.05, 4.69) is 10.4 Å². The third kappa shape index (κ3) is 3.44. The Morgan fingerprint density at radius 1 is 1.19 bits per heavy atom. The van der Waals surface area contributed by atoms with Crippen molar-refractivity contribution in [2.24, 2.45) is 0 Å². The van der Waals surface area contributed by atoms with Gasteiger partial charge >= 0.3 is 6.18 Å². The monoisotopic (exact) mass is 297 g/mol. The summed E-state index contributed by atoms with van der Waals surface area (Å²) in [5, 5.41) is 6.99. The molecule has 0 radical (unpaired) electrons. The molecule has 1 heterocycles. The van der Waals surface area contributed by atoms with Crippen molar-refractivity contribution in [2.75, 3.05) is 7.05 Å². The first-order valence-corrected chi connectivity index (χ1v) is 6.68. The van der Waals surface area contributed by atoms with E-state index in [0.29, 0.717) is 0 Å². The van der Waals surface area contributed by atoms with Gasteiger partial charge in [0.2, 0.25) is 0 Å². The number of rotatable bonds is 4. The maximum absolute atomic E-state index is 12.6. The highest BCUT2D eigenvalue weighted by molar-refractivity contribution is 5.25. The van der Waals surface area contributed by atoms with Gasteiger partial charge in [0.1, 0.15) is 0 Å². The van der Waals surface area contributed by atoms with Gasteiger partial charge < -0.3 is 5.32 Å². The number of aromatic nitrogens is 2. The van der Waals surface area contributed by atoms with Gasteiger partial charge in [-0.1, -0.05) is 29.8 Å². The molecular weight excluding hydrogens is 279 g/mol. The number of nitrogens with one attached hydrogen (secondary N) is 1. The molecule has 1 aromatic carbocycles. The molecule has 0 saturated carbocycles. The third-order valence-electron chi connectivity index (χ3n) is 3.58. The minimum absolute atomic E-state index is 0.119. The Morgan fingerprint density at radius 2 is 1.81 bits per heavy atom. The van der Waals surface area contributed by atoms with Gasteiger partial charge in [-0.25, -0.2) is 0 Å². The predicted molar refractivity (Wildman–Crippen MR) is 74.9 cm³/mol. The van der Waals surface area contributed by atoms with Crippen molar-refractivity contribution in [1.29, 1.82) is 0 Å². The van der Waals surface area contributed by atoms with Gasteiger partial charge in [0.05, 0.1) is 23.8 Å². The number of hydrogen-bond donors (Lipinski definition) is 1. The topological polar surface area (TPSA) is 29.9 Å². The second kappa shape index (κ2) is 5.89. The van der Waals surface area contributed by atoms with Crippen LogP contribution in [0.25, 0.3) is 0 Å². The van der Waals surface area contributed by atoms with Crippen molar-refractivity contribution in [1.82, 2.24) is 15.1 Å². The molecule has 114 valence electrons. The maximum Gasteiger partial charge on any atom is 0.419 e. The van der Waals surface area contributed by atoms with Crippen LogP contribution in [0, 0.1) is 6.92 Å². The second-order valence-electron chi connectivity index (χ2n) is 5.12. The van der Waals surface area contributed by atoms with Crippen LogP contribution in [0.1, 0.15) is 35.7 Å². The molecule has 0 aliphatic rings. The molecule has 2 atom stereocenters. The van der Waals surface area contributed by atoms with Gasteiger partial charge in [-0.3, -0.25) is 4.68 Å². The number of benzene rings is 1. The van der Waals surface area contributed by atoms with E-state index in [9.17, 15) is 13.2 Å². The van der Waals surface area contributed by atoms with Gasteiger partial charge in [-0.2, -0.15) is 18.3 Å². The summed E-state index contributed by atoms with van der Waals surface area (Å²) in [5.41, 5.74) is 1.42. The summed E-state index contributed by atoms with van der Waals surface area (Å²) in [7, 11) is 1.79. The molecule has 1 N–H and O–H groups in total. The minimum atomic E-state index is -4.36. The molecule has 1 aromatic heterocycles. The fourth-order valence-corrected chi connectivity index (χ4v) is 2.32. The van der Waals surface area contributed by atoms with E-state index in [1.165, 1.54) is 4.68 Å². The summed E-state index contributed by atoms with van der Waals surface area (Å²) in [6, 6.07) is 7.55. The average Bonchev–Trinajstić information content (AvgIpc) is 2.91. The Kier molecular flexibility index (Phi) is 4.37. The Labute approximate surface area is 121 Å². The number of likely N-dealkylation sites (N-methyl/N-ethyl adjacent to an activating group) is 1. The molecule has 0 aliphatic carbocycles. The zero-order valence-electron chi connectivity index (χ0n) is 12.1. The highest BCUT2D eigenvalue weighted by atomic mass is 19.4. The highest BCUT2D eigenvalue weighted by Gasteiger charge is 2.33. The van der Waals surface area contributed by atoms with Gasteiger partial charge in [0.15, 0.2) is 0 Å². The summed E-state index contributed by atoms with van der Waals surface area (Å²) in [5.74, 6) is 0. The first-order valence-electron chi connectivity index (χ1n) is 6.68. The Bertz CT molecular complexity index is 587. The molecule has 0 saturated heterocycles. The van der Waals surface area contributed by atoms with Crippen molar-refractivity contribution >= 4 is 0 Å². The molecule has 0 aliphatic heterocycles.